The molecule has 5 heteroatoms. The Morgan fingerprint density at radius 3 is 2.57 bits per heavy atom. The van der Waals surface area contributed by atoms with Crippen molar-refractivity contribution in [2.45, 2.75) is 33.1 Å². The summed E-state index contributed by atoms with van der Waals surface area (Å²) in [7, 11) is 0. The van der Waals surface area contributed by atoms with E-state index in [0.717, 1.165) is 18.8 Å². The van der Waals surface area contributed by atoms with Crippen LogP contribution < -0.4 is 0 Å². The smallest absolute Gasteiger partial charge is 0.338 e. The number of carbonyl (C=O) groups excluding carboxylic acids is 1. The third kappa shape index (κ3) is 3.00. The van der Waals surface area contributed by atoms with Crippen molar-refractivity contribution in [2.24, 2.45) is 17.3 Å². The molecule has 3 aliphatic carbocycles. The van der Waals surface area contributed by atoms with Crippen molar-refractivity contribution in [3.8, 4) is 0 Å². The van der Waals surface area contributed by atoms with Crippen LogP contribution in [-0.4, -0.2) is 17.5 Å². The summed E-state index contributed by atoms with van der Waals surface area (Å²) in [5.41, 5.74) is 2.13. The molecule has 0 unspecified atom stereocenters. The molecule has 122 valence electrons. The third-order valence-corrected chi connectivity index (χ3v) is 5.46. The third-order valence-electron chi connectivity index (χ3n) is 5.46. The molecule has 0 amide bonds. The molecule has 0 saturated heterocycles. The minimum Gasteiger partial charge on any atom is -0.462 e. The normalized spacial score (nSPS) is 24.3. The fraction of sp³-hybridized carbons (Fsp3) is 0.500. The van der Waals surface area contributed by atoms with Crippen LogP contribution in [0.3, 0.4) is 0 Å². The summed E-state index contributed by atoms with van der Waals surface area (Å²) in [6.07, 6.45) is 5.54. The second kappa shape index (κ2) is 5.80. The summed E-state index contributed by atoms with van der Waals surface area (Å²) >= 11 is 0. The average molecular weight is 315 g/mol. The Morgan fingerprint density at radius 2 is 2.04 bits per heavy atom. The number of nitro groups is 1. The van der Waals surface area contributed by atoms with Gasteiger partial charge in [0.1, 0.15) is 0 Å². The van der Waals surface area contributed by atoms with Crippen molar-refractivity contribution in [1.82, 2.24) is 0 Å². The number of nitrogens with zero attached hydrogens (tertiary/aromatic N) is 1. The minimum absolute atomic E-state index is 0.0317. The van der Waals surface area contributed by atoms with Crippen LogP contribution in [-0.2, 0) is 4.74 Å². The number of esters is 1. The number of rotatable bonds is 5. The lowest BCUT2D eigenvalue weighted by Crippen LogP contribution is -2.46. The van der Waals surface area contributed by atoms with Gasteiger partial charge in [0.05, 0.1) is 17.1 Å². The standard InChI is InChI=1S/C18H21NO4/c1-18(2)14-9-12(10-15(18)11-14)7-8-23-17(20)13-3-5-16(6-4-13)19(21)22/h3-6,9,14-15H,7-8,10-11H2,1-2H3/t14-,15+/m1/s1. The van der Waals surface area contributed by atoms with E-state index >= 15 is 0 Å². The first-order chi connectivity index (χ1) is 10.9. The number of ether oxygens (including phenoxy) is 1. The van der Waals surface area contributed by atoms with Crippen LogP contribution in [0.25, 0.3) is 0 Å². The van der Waals surface area contributed by atoms with E-state index in [9.17, 15) is 14.9 Å². The van der Waals surface area contributed by atoms with Crippen LogP contribution in [0.2, 0.25) is 0 Å². The highest BCUT2D eigenvalue weighted by atomic mass is 16.6. The molecule has 4 rings (SSSR count). The molecule has 5 nitrogen and oxygen atoms in total. The fourth-order valence-electron chi connectivity index (χ4n) is 3.62. The predicted molar refractivity (Wildman–Crippen MR) is 86.1 cm³/mol. The van der Waals surface area contributed by atoms with E-state index in [1.807, 2.05) is 0 Å². The van der Waals surface area contributed by atoms with Crippen molar-refractivity contribution in [3.05, 3.63) is 51.6 Å². The first-order valence-electron chi connectivity index (χ1n) is 7.99. The Morgan fingerprint density at radius 1 is 1.35 bits per heavy atom. The molecule has 0 heterocycles. The van der Waals surface area contributed by atoms with Gasteiger partial charge >= 0.3 is 5.97 Å². The molecule has 1 aromatic rings. The Hall–Kier alpha value is -2.17. The summed E-state index contributed by atoms with van der Waals surface area (Å²) in [6.45, 7) is 5.02. The monoisotopic (exact) mass is 315 g/mol. The molecular formula is C18H21NO4. The van der Waals surface area contributed by atoms with Crippen LogP contribution >= 0.6 is 0 Å². The quantitative estimate of drug-likeness (QED) is 0.354. The van der Waals surface area contributed by atoms with Crippen LogP contribution in [0.1, 0.15) is 43.5 Å². The minimum atomic E-state index is -0.489. The SMILES string of the molecule is CC1(C)[C@H]2CC(CCOC(=O)c3ccc([N+](=O)[O-])cc3)=C[C@@H]1C2. The summed E-state index contributed by atoms with van der Waals surface area (Å²) in [6, 6.07) is 5.49. The lowest BCUT2D eigenvalue weighted by Gasteiger charge is -2.55. The average Bonchev–Trinajstić information content (AvgIpc) is 2.55. The van der Waals surface area contributed by atoms with E-state index in [1.165, 1.54) is 36.3 Å². The van der Waals surface area contributed by atoms with Gasteiger partial charge in [0, 0.05) is 18.6 Å². The van der Waals surface area contributed by atoms with Crippen LogP contribution in [0.4, 0.5) is 5.69 Å². The molecule has 2 bridgehead atoms. The highest BCUT2D eigenvalue weighted by molar-refractivity contribution is 5.89. The number of fused-ring (bicyclic) bond motifs is 1. The molecule has 1 aromatic carbocycles. The van der Waals surface area contributed by atoms with Crippen molar-refractivity contribution in [2.75, 3.05) is 6.61 Å². The zero-order valence-corrected chi connectivity index (χ0v) is 13.5. The maximum Gasteiger partial charge on any atom is 0.338 e. The van der Waals surface area contributed by atoms with E-state index < -0.39 is 10.9 Å². The van der Waals surface area contributed by atoms with Crippen molar-refractivity contribution in [3.63, 3.8) is 0 Å². The van der Waals surface area contributed by atoms with Gasteiger partial charge in [0.25, 0.3) is 5.69 Å². The Balaban J connectivity index is 1.49. The van der Waals surface area contributed by atoms with Gasteiger partial charge in [-0.15, -0.1) is 0 Å². The molecule has 1 saturated carbocycles. The van der Waals surface area contributed by atoms with E-state index in [0.29, 0.717) is 23.5 Å². The lowest BCUT2D eigenvalue weighted by atomic mass is 9.50. The van der Waals surface area contributed by atoms with Gasteiger partial charge in [-0.1, -0.05) is 25.5 Å². The van der Waals surface area contributed by atoms with E-state index in [1.54, 1.807) is 0 Å². The van der Waals surface area contributed by atoms with Gasteiger partial charge in [-0.25, -0.2) is 4.79 Å². The Labute approximate surface area is 135 Å². The van der Waals surface area contributed by atoms with Gasteiger partial charge in [0.2, 0.25) is 0 Å². The highest BCUT2D eigenvalue weighted by Crippen LogP contribution is 2.58. The summed E-state index contributed by atoms with van der Waals surface area (Å²) < 4.78 is 5.28. The second-order valence-corrected chi connectivity index (χ2v) is 7.08. The summed E-state index contributed by atoms with van der Waals surface area (Å²) in [4.78, 5) is 22.0. The zero-order chi connectivity index (χ0) is 16.6. The molecule has 1 fully saturated rings. The Bertz CT molecular complexity index is 660. The highest BCUT2D eigenvalue weighted by Gasteiger charge is 2.49. The first-order valence-corrected chi connectivity index (χ1v) is 7.99. The Kier molecular flexibility index (Phi) is 3.96. The number of non-ortho nitro benzene ring substituents is 1. The second-order valence-electron chi connectivity index (χ2n) is 7.08. The molecule has 0 N–H and O–H groups in total. The van der Waals surface area contributed by atoms with Gasteiger partial charge in [-0.2, -0.15) is 0 Å². The van der Waals surface area contributed by atoms with E-state index in [-0.39, 0.29) is 5.69 Å². The largest absolute Gasteiger partial charge is 0.462 e. The number of carbonyl (C=O) groups is 1. The van der Waals surface area contributed by atoms with Gasteiger partial charge in [-0.3, -0.25) is 10.1 Å². The van der Waals surface area contributed by atoms with Gasteiger partial charge in [-0.05, 0) is 42.2 Å². The van der Waals surface area contributed by atoms with E-state index in [2.05, 4.69) is 19.9 Å². The molecule has 0 aromatic heterocycles. The van der Waals surface area contributed by atoms with Crippen LogP contribution in [0.15, 0.2) is 35.9 Å². The maximum absolute atomic E-state index is 11.9. The zero-order valence-electron chi connectivity index (χ0n) is 13.5. The fourth-order valence-corrected chi connectivity index (χ4v) is 3.62. The predicted octanol–water partition coefficient (Wildman–Crippen LogP) is 4.13. The van der Waals surface area contributed by atoms with Gasteiger partial charge in [0.15, 0.2) is 0 Å². The molecule has 0 radical (unpaired) electrons. The molecule has 0 aliphatic heterocycles. The molecule has 2 atom stereocenters. The van der Waals surface area contributed by atoms with Gasteiger partial charge < -0.3 is 4.74 Å². The number of hydrogen-bond donors (Lipinski definition) is 0. The molecule has 23 heavy (non-hydrogen) atoms. The van der Waals surface area contributed by atoms with E-state index in [4.69, 9.17) is 4.74 Å². The van der Waals surface area contributed by atoms with Crippen molar-refractivity contribution in [1.29, 1.82) is 0 Å². The summed E-state index contributed by atoms with van der Waals surface area (Å²) in [5, 5.41) is 10.6. The van der Waals surface area contributed by atoms with Crippen LogP contribution in [0.5, 0.6) is 0 Å². The number of nitro benzene ring substituents is 1. The van der Waals surface area contributed by atoms with Crippen LogP contribution in [0, 0.1) is 27.4 Å². The number of benzene rings is 1. The van der Waals surface area contributed by atoms with Crippen molar-refractivity contribution >= 4 is 11.7 Å². The first kappa shape index (κ1) is 15.7. The molecule has 0 spiro atoms. The summed E-state index contributed by atoms with van der Waals surface area (Å²) in [5.74, 6) is 1.00. The maximum atomic E-state index is 11.9. The number of allylic oxidation sites excluding steroid dienone is 1. The number of hydrogen-bond acceptors (Lipinski definition) is 4. The van der Waals surface area contributed by atoms with Crippen molar-refractivity contribution < 1.29 is 14.5 Å². The topological polar surface area (TPSA) is 69.4 Å². The molecule has 3 aliphatic rings. The lowest BCUT2D eigenvalue weighted by molar-refractivity contribution is -0.384. The molecular weight excluding hydrogens is 294 g/mol.